The summed E-state index contributed by atoms with van der Waals surface area (Å²) in [4.78, 5) is 22.1. The molecule has 0 aliphatic carbocycles. The van der Waals surface area contributed by atoms with E-state index in [1.807, 2.05) is 30.3 Å². The summed E-state index contributed by atoms with van der Waals surface area (Å²) in [5, 5.41) is 5.03. The summed E-state index contributed by atoms with van der Waals surface area (Å²) >= 11 is 0. The Labute approximate surface area is 104 Å². The lowest BCUT2D eigenvalue weighted by Gasteiger charge is -2.10. The molecule has 1 fully saturated rings. The number of hydrogen-bond acceptors (Lipinski definition) is 4. The Morgan fingerprint density at radius 2 is 2.22 bits per heavy atom. The Morgan fingerprint density at radius 1 is 1.44 bits per heavy atom. The van der Waals surface area contributed by atoms with Crippen LogP contribution in [0.25, 0.3) is 0 Å². The van der Waals surface area contributed by atoms with Gasteiger partial charge in [0, 0.05) is 0 Å². The van der Waals surface area contributed by atoms with Crippen molar-refractivity contribution in [2.24, 2.45) is 0 Å². The van der Waals surface area contributed by atoms with Crippen LogP contribution in [0.3, 0.4) is 0 Å². The summed E-state index contributed by atoms with van der Waals surface area (Å²) < 4.78 is 9.86. The fourth-order valence-electron chi connectivity index (χ4n) is 1.52. The van der Waals surface area contributed by atoms with Crippen molar-refractivity contribution in [3.63, 3.8) is 0 Å². The van der Waals surface area contributed by atoms with Gasteiger partial charge in [-0.15, -0.1) is 0 Å². The van der Waals surface area contributed by atoms with E-state index >= 15 is 0 Å². The first-order valence-corrected chi connectivity index (χ1v) is 5.63. The van der Waals surface area contributed by atoms with E-state index in [4.69, 9.17) is 9.47 Å². The van der Waals surface area contributed by atoms with Crippen molar-refractivity contribution in [2.45, 2.75) is 12.7 Å². The second-order valence-corrected chi connectivity index (χ2v) is 3.85. The lowest BCUT2D eigenvalue weighted by atomic mass is 10.2. The van der Waals surface area contributed by atoms with Gasteiger partial charge in [-0.05, 0) is 5.56 Å². The molecule has 2 amide bonds. The van der Waals surface area contributed by atoms with E-state index < -0.39 is 12.2 Å². The fraction of sp³-hybridized carbons (Fsp3) is 0.333. The maximum absolute atomic E-state index is 11.4. The van der Waals surface area contributed by atoms with Crippen molar-refractivity contribution >= 4 is 12.2 Å². The molecule has 18 heavy (non-hydrogen) atoms. The first-order chi connectivity index (χ1) is 8.74. The molecule has 2 rings (SSSR count). The van der Waals surface area contributed by atoms with Crippen LogP contribution in [0, 0.1) is 0 Å². The van der Waals surface area contributed by atoms with E-state index in [-0.39, 0.29) is 19.3 Å². The lowest BCUT2D eigenvalue weighted by Crippen LogP contribution is -2.34. The number of nitrogens with one attached hydrogen (secondary N) is 2. The minimum atomic E-state index is -0.526. The number of rotatable bonds is 4. The van der Waals surface area contributed by atoms with Gasteiger partial charge >= 0.3 is 12.2 Å². The highest BCUT2D eigenvalue weighted by atomic mass is 16.6. The highest BCUT2D eigenvalue weighted by Crippen LogP contribution is 2.01. The minimum Gasteiger partial charge on any atom is -0.445 e. The molecule has 1 heterocycles. The molecular formula is C12H14N2O4. The van der Waals surface area contributed by atoms with Gasteiger partial charge in [-0.3, -0.25) is 0 Å². The Balaban J connectivity index is 1.65. The van der Waals surface area contributed by atoms with Gasteiger partial charge in [0.1, 0.15) is 12.7 Å². The van der Waals surface area contributed by atoms with Gasteiger partial charge in [0.2, 0.25) is 0 Å². The zero-order valence-corrected chi connectivity index (χ0v) is 9.72. The first-order valence-electron chi connectivity index (χ1n) is 5.63. The first kappa shape index (κ1) is 12.2. The maximum atomic E-state index is 11.4. The molecule has 1 aromatic rings. The van der Waals surface area contributed by atoms with Crippen molar-refractivity contribution in [2.75, 3.05) is 13.1 Å². The highest BCUT2D eigenvalue weighted by molar-refractivity contribution is 5.70. The molecule has 0 aromatic heterocycles. The fourth-order valence-corrected chi connectivity index (χ4v) is 1.52. The largest absolute Gasteiger partial charge is 0.445 e. The van der Waals surface area contributed by atoms with Crippen LogP contribution in [0.1, 0.15) is 5.56 Å². The van der Waals surface area contributed by atoms with Crippen LogP contribution in [0.2, 0.25) is 0 Å². The molecule has 0 bridgehead atoms. The van der Waals surface area contributed by atoms with E-state index in [0.717, 1.165) is 5.56 Å². The molecule has 1 aromatic carbocycles. The number of cyclic esters (lactones) is 1. The van der Waals surface area contributed by atoms with Crippen molar-refractivity contribution < 1.29 is 19.1 Å². The zero-order chi connectivity index (χ0) is 12.8. The molecule has 2 N–H and O–H groups in total. The van der Waals surface area contributed by atoms with Crippen LogP contribution >= 0.6 is 0 Å². The van der Waals surface area contributed by atoms with E-state index in [9.17, 15) is 9.59 Å². The summed E-state index contributed by atoms with van der Waals surface area (Å²) in [5.74, 6) is 0. The van der Waals surface area contributed by atoms with Gasteiger partial charge in [0.15, 0.2) is 0 Å². The molecule has 1 aliphatic heterocycles. The lowest BCUT2D eigenvalue weighted by molar-refractivity contribution is 0.121. The standard InChI is InChI=1S/C12H14N2O4/c15-11(13-6-10-7-14-12(16)18-10)17-8-9-4-2-1-3-5-9/h1-5,10H,6-8H2,(H,13,15)(H,14,16). The number of carbonyl (C=O) groups is 2. The summed E-state index contributed by atoms with van der Waals surface area (Å²) in [6.45, 7) is 0.861. The van der Waals surface area contributed by atoms with E-state index in [1.54, 1.807) is 0 Å². The summed E-state index contributed by atoms with van der Waals surface area (Å²) in [6, 6.07) is 9.39. The van der Waals surface area contributed by atoms with E-state index in [0.29, 0.717) is 6.54 Å². The Hall–Kier alpha value is -2.24. The SMILES string of the molecule is O=C(NCC1CNC(=O)O1)OCc1ccccc1. The number of hydrogen-bond donors (Lipinski definition) is 2. The van der Waals surface area contributed by atoms with Crippen molar-refractivity contribution in [3.8, 4) is 0 Å². The van der Waals surface area contributed by atoms with Crippen LogP contribution < -0.4 is 10.6 Å². The molecule has 0 saturated carbocycles. The highest BCUT2D eigenvalue weighted by Gasteiger charge is 2.22. The predicted molar refractivity (Wildman–Crippen MR) is 62.9 cm³/mol. The average Bonchev–Trinajstić information content (AvgIpc) is 2.81. The maximum Gasteiger partial charge on any atom is 0.407 e. The third-order valence-corrected chi connectivity index (χ3v) is 2.43. The van der Waals surface area contributed by atoms with Crippen LogP contribution in [0.5, 0.6) is 0 Å². The Bertz CT molecular complexity index is 421. The average molecular weight is 250 g/mol. The van der Waals surface area contributed by atoms with Gasteiger partial charge in [0.05, 0.1) is 13.1 Å². The number of amides is 2. The monoisotopic (exact) mass is 250 g/mol. The molecule has 0 radical (unpaired) electrons. The normalized spacial score (nSPS) is 17.8. The molecule has 0 spiro atoms. The van der Waals surface area contributed by atoms with Crippen LogP contribution in [0.15, 0.2) is 30.3 Å². The minimum absolute atomic E-state index is 0.218. The van der Waals surface area contributed by atoms with Crippen molar-refractivity contribution in [3.05, 3.63) is 35.9 Å². The molecule has 1 aliphatic rings. The van der Waals surface area contributed by atoms with Gasteiger partial charge in [-0.2, -0.15) is 0 Å². The van der Waals surface area contributed by atoms with Gasteiger partial charge in [-0.25, -0.2) is 9.59 Å². The van der Waals surface area contributed by atoms with Crippen LogP contribution in [-0.4, -0.2) is 31.4 Å². The van der Waals surface area contributed by atoms with Crippen LogP contribution in [0.4, 0.5) is 9.59 Å². The second-order valence-electron chi connectivity index (χ2n) is 3.85. The molecule has 6 nitrogen and oxygen atoms in total. The summed E-state index contributed by atoms with van der Waals surface area (Å²) in [5.41, 5.74) is 0.918. The molecule has 1 atom stereocenters. The third kappa shape index (κ3) is 3.65. The van der Waals surface area contributed by atoms with E-state index in [2.05, 4.69) is 10.6 Å². The number of ether oxygens (including phenoxy) is 2. The molecular weight excluding hydrogens is 236 g/mol. The quantitative estimate of drug-likeness (QED) is 0.836. The summed E-state index contributed by atoms with van der Waals surface area (Å²) in [7, 11) is 0. The molecule has 1 unspecified atom stereocenters. The number of carbonyl (C=O) groups excluding carboxylic acids is 2. The second kappa shape index (κ2) is 5.90. The smallest absolute Gasteiger partial charge is 0.407 e. The summed E-state index contributed by atoms with van der Waals surface area (Å²) in [6.07, 6.45) is -1.32. The number of benzene rings is 1. The van der Waals surface area contributed by atoms with Gasteiger partial charge in [-0.1, -0.05) is 30.3 Å². The van der Waals surface area contributed by atoms with E-state index in [1.165, 1.54) is 0 Å². The van der Waals surface area contributed by atoms with Crippen molar-refractivity contribution in [1.29, 1.82) is 0 Å². The van der Waals surface area contributed by atoms with Gasteiger partial charge in [0.25, 0.3) is 0 Å². The molecule has 6 heteroatoms. The third-order valence-electron chi connectivity index (χ3n) is 2.43. The van der Waals surface area contributed by atoms with Crippen LogP contribution in [-0.2, 0) is 16.1 Å². The van der Waals surface area contributed by atoms with Crippen molar-refractivity contribution in [1.82, 2.24) is 10.6 Å². The van der Waals surface area contributed by atoms with Gasteiger partial charge < -0.3 is 20.1 Å². The number of alkyl carbamates (subject to hydrolysis) is 2. The topological polar surface area (TPSA) is 76.7 Å². The zero-order valence-electron chi connectivity index (χ0n) is 9.72. The molecule has 96 valence electrons. The Kier molecular flexibility index (Phi) is 4.01. The Morgan fingerprint density at radius 3 is 2.89 bits per heavy atom. The molecule has 1 saturated heterocycles. The predicted octanol–water partition coefficient (Wildman–Crippen LogP) is 1.02.